The van der Waals surface area contributed by atoms with Crippen molar-refractivity contribution < 1.29 is 4.79 Å². The van der Waals surface area contributed by atoms with Gasteiger partial charge in [0.05, 0.1) is 10.7 Å². The number of benzene rings is 1. The molecule has 17 heavy (non-hydrogen) atoms. The van der Waals surface area contributed by atoms with Crippen LogP contribution < -0.4 is 10.6 Å². The number of halogens is 1. The van der Waals surface area contributed by atoms with Gasteiger partial charge in [0.25, 0.3) is 0 Å². The van der Waals surface area contributed by atoms with E-state index in [0.29, 0.717) is 10.7 Å². The zero-order valence-electron chi connectivity index (χ0n) is 9.99. The summed E-state index contributed by atoms with van der Waals surface area (Å²) < 4.78 is 0. The van der Waals surface area contributed by atoms with Crippen LogP contribution in [0.2, 0.25) is 5.02 Å². The number of aryl methyl sites for hydroxylation is 1. The summed E-state index contributed by atoms with van der Waals surface area (Å²) in [6, 6.07) is 5.04. The van der Waals surface area contributed by atoms with Crippen LogP contribution in [0.5, 0.6) is 0 Å². The van der Waals surface area contributed by atoms with Gasteiger partial charge in [0, 0.05) is 14.1 Å². The Morgan fingerprint density at radius 2 is 2.18 bits per heavy atom. The second-order valence-electron chi connectivity index (χ2n) is 3.62. The van der Waals surface area contributed by atoms with E-state index in [0.717, 1.165) is 5.56 Å². The molecule has 0 unspecified atom stereocenters. The molecule has 0 heterocycles. The number of hydrazone groups is 1. The third-order valence-electron chi connectivity index (χ3n) is 1.94. The van der Waals surface area contributed by atoms with Crippen LogP contribution in [-0.2, 0) is 0 Å². The lowest BCUT2D eigenvalue weighted by atomic mass is 10.2. The largest absolute Gasteiger partial charge is 0.324 e. The molecule has 0 aliphatic carbocycles. The van der Waals surface area contributed by atoms with Gasteiger partial charge in [-0.1, -0.05) is 23.7 Å². The number of rotatable bonds is 3. The van der Waals surface area contributed by atoms with E-state index < -0.39 is 0 Å². The van der Waals surface area contributed by atoms with E-state index in [1.165, 1.54) is 6.34 Å². The van der Waals surface area contributed by atoms with E-state index in [4.69, 9.17) is 11.6 Å². The van der Waals surface area contributed by atoms with E-state index in [9.17, 15) is 4.79 Å². The highest BCUT2D eigenvalue weighted by atomic mass is 35.5. The number of carbonyl (C=O) groups is 1. The number of para-hydroxylation sites is 1. The predicted octanol–water partition coefficient (Wildman–Crippen LogP) is 2.27. The first-order valence-electron chi connectivity index (χ1n) is 5.03. The average molecular weight is 255 g/mol. The topological polar surface area (TPSA) is 56.7 Å². The van der Waals surface area contributed by atoms with Gasteiger partial charge in [-0.3, -0.25) is 5.32 Å². The standard InChI is InChI=1S/C11H15ClN4O/c1-8-5-4-6-9(12)10(8)15-11(17)13-7-14-16(2)3/h4-7H,1-3H3,(H2,13,14,15,17). The third-order valence-corrected chi connectivity index (χ3v) is 2.26. The molecule has 0 saturated carbocycles. The van der Waals surface area contributed by atoms with Gasteiger partial charge in [-0.2, -0.15) is 5.10 Å². The van der Waals surface area contributed by atoms with Crippen molar-refractivity contribution in [3.8, 4) is 0 Å². The molecule has 1 aromatic rings. The number of urea groups is 1. The van der Waals surface area contributed by atoms with Crippen molar-refractivity contribution in [1.29, 1.82) is 0 Å². The van der Waals surface area contributed by atoms with Crippen molar-refractivity contribution in [3.05, 3.63) is 28.8 Å². The molecule has 0 bridgehead atoms. The molecule has 0 radical (unpaired) electrons. The van der Waals surface area contributed by atoms with Gasteiger partial charge < -0.3 is 10.3 Å². The van der Waals surface area contributed by atoms with Crippen molar-refractivity contribution in [2.45, 2.75) is 6.92 Å². The Morgan fingerprint density at radius 1 is 1.47 bits per heavy atom. The summed E-state index contributed by atoms with van der Waals surface area (Å²) in [5.41, 5.74) is 1.50. The second kappa shape index (κ2) is 6.10. The van der Waals surface area contributed by atoms with E-state index >= 15 is 0 Å². The van der Waals surface area contributed by atoms with Crippen molar-refractivity contribution in [2.75, 3.05) is 19.4 Å². The molecule has 0 aliphatic heterocycles. The molecule has 92 valence electrons. The molecule has 0 saturated heterocycles. The van der Waals surface area contributed by atoms with Crippen molar-refractivity contribution in [3.63, 3.8) is 0 Å². The summed E-state index contributed by atoms with van der Waals surface area (Å²) in [6.45, 7) is 1.87. The van der Waals surface area contributed by atoms with E-state index in [1.54, 1.807) is 25.2 Å². The zero-order valence-corrected chi connectivity index (χ0v) is 10.7. The van der Waals surface area contributed by atoms with Crippen LogP contribution in [0, 0.1) is 6.92 Å². The van der Waals surface area contributed by atoms with Gasteiger partial charge >= 0.3 is 6.03 Å². The van der Waals surface area contributed by atoms with Gasteiger partial charge in [0.2, 0.25) is 0 Å². The number of nitrogens with zero attached hydrogens (tertiary/aromatic N) is 2. The molecular weight excluding hydrogens is 240 g/mol. The maximum atomic E-state index is 11.5. The first kappa shape index (κ1) is 13.3. The van der Waals surface area contributed by atoms with E-state index in [-0.39, 0.29) is 6.03 Å². The SMILES string of the molecule is Cc1cccc(Cl)c1NC(=O)NC=NN(C)C. The first-order chi connectivity index (χ1) is 8.00. The molecule has 0 atom stereocenters. The van der Waals surface area contributed by atoms with Crippen LogP contribution in [-0.4, -0.2) is 31.5 Å². The smallest absolute Gasteiger partial charge is 0.306 e. The molecule has 2 amide bonds. The monoisotopic (exact) mass is 254 g/mol. The predicted molar refractivity (Wildman–Crippen MR) is 70.5 cm³/mol. The lowest BCUT2D eigenvalue weighted by Crippen LogP contribution is -2.28. The second-order valence-corrected chi connectivity index (χ2v) is 4.03. The molecular formula is C11H15ClN4O. The minimum atomic E-state index is -0.383. The van der Waals surface area contributed by atoms with Gasteiger partial charge in [-0.05, 0) is 18.6 Å². The fourth-order valence-electron chi connectivity index (χ4n) is 1.14. The molecule has 1 aromatic carbocycles. The third kappa shape index (κ3) is 4.32. The lowest BCUT2D eigenvalue weighted by molar-refractivity contribution is 0.256. The number of hydrogen-bond donors (Lipinski definition) is 2. The van der Waals surface area contributed by atoms with Gasteiger partial charge in [0.15, 0.2) is 0 Å². The van der Waals surface area contributed by atoms with Gasteiger partial charge in [0.1, 0.15) is 6.34 Å². The van der Waals surface area contributed by atoms with Crippen LogP contribution >= 0.6 is 11.6 Å². The molecule has 0 fully saturated rings. The minimum Gasteiger partial charge on any atom is -0.306 e. The molecule has 0 aliphatic rings. The minimum absolute atomic E-state index is 0.383. The Hall–Kier alpha value is -1.75. The quantitative estimate of drug-likeness (QED) is 0.494. The first-order valence-corrected chi connectivity index (χ1v) is 5.41. The van der Waals surface area contributed by atoms with Crippen LogP contribution in [0.4, 0.5) is 10.5 Å². The van der Waals surface area contributed by atoms with Crippen molar-refractivity contribution in [2.24, 2.45) is 5.10 Å². The fraction of sp³-hybridized carbons (Fsp3) is 0.273. The molecule has 2 N–H and O–H groups in total. The summed E-state index contributed by atoms with van der Waals surface area (Å²) in [5, 5.41) is 11.1. The van der Waals surface area contributed by atoms with Gasteiger partial charge in [-0.25, -0.2) is 4.79 Å². The van der Waals surface area contributed by atoms with E-state index in [1.807, 2.05) is 19.1 Å². The maximum absolute atomic E-state index is 11.5. The Kier molecular flexibility index (Phi) is 4.78. The molecule has 5 nitrogen and oxygen atoms in total. The highest BCUT2D eigenvalue weighted by Gasteiger charge is 2.06. The highest BCUT2D eigenvalue weighted by molar-refractivity contribution is 6.33. The number of carbonyl (C=O) groups excluding carboxylic acids is 1. The molecule has 6 heteroatoms. The van der Waals surface area contributed by atoms with Crippen molar-refractivity contribution in [1.82, 2.24) is 10.3 Å². The van der Waals surface area contributed by atoms with Gasteiger partial charge in [-0.15, -0.1) is 0 Å². The van der Waals surface area contributed by atoms with Crippen LogP contribution in [0.3, 0.4) is 0 Å². The number of hydrogen-bond acceptors (Lipinski definition) is 3. The summed E-state index contributed by atoms with van der Waals surface area (Å²) in [6.07, 6.45) is 1.31. The van der Waals surface area contributed by atoms with Crippen LogP contribution in [0.1, 0.15) is 5.56 Å². The molecule has 1 rings (SSSR count). The summed E-state index contributed by atoms with van der Waals surface area (Å²) in [5.74, 6) is 0. The highest BCUT2D eigenvalue weighted by Crippen LogP contribution is 2.24. The van der Waals surface area contributed by atoms with Crippen molar-refractivity contribution >= 4 is 29.7 Å². The Labute approximate surface area is 105 Å². The lowest BCUT2D eigenvalue weighted by Gasteiger charge is -2.09. The summed E-state index contributed by atoms with van der Waals surface area (Å²) in [4.78, 5) is 11.5. The molecule has 0 aromatic heterocycles. The Balaban J connectivity index is 2.62. The fourth-order valence-corrected chi connectivity index (χ4v) is 1.41. The molecule has 0 spiro atoms. The number of nitrogens with one attached hydrogen (secondary N) is 2. The Morgan fingerprint density at radius 3 is 2.76 bits per heavy atom. The maximum Gasteiger partial charge on any atom is 0.324 e. The summed E-state index contributed by atoms with van der Waals surface area (Å²) in [7, 11) is 3.52. The van der Waals surface area contributed by atoms with E-state index in [2.05, 4.69) is 15.7 Å². The summed E-state index contributed by atoms with van der Waals surface area (Å²) >= 11 is 5.97. The average Bonchev–Trinajstić information content (AvgIpc) is 2.23. The number of amides is 2. The van der Waals surface area contributed by atoms with Crippen LogP contribution in [0.25, 0.3) is 0 Å². The Bertz CT molecular complexity index is 411. The normalized spacial score (nSPS) is 10.4. The number of anilines is 1. The zero-order chi connectivity index (χ0) is 12.8. The van der Waals surface area contributed by atoms with Crippen LogP contribution in [0.15, 0.2) is 23.3 Å².